The van der Waals surface area contributed by atoms with Crippen molar-refractivity contribution in [2.24, 2.45) is 0 Å². The van der Waals surface area contributed by atoms with Gasteiger partial charge in [-0.1, -0.05) is 19.6 Å². The zero-order chi connectivity index (χ0) is 21.5. The van der Waals surface area contributed by atoms with E-state index < -0.39 is 0 Å². The van der Waals surface area contributed by atoms with Gasteiger partial charge in [0.15, 0.2) is 5.82 Å². The maximum absolute atomic E-state index is 11.9. The number of carbonyl (C=O) groups is 1. The Morgan fingerprint density at radius 1 is 1.31 bits per heavy atom. The van der Waals surface area contributed by atoms with Crippen molar-refractivity contribution in [2.45, 2.75) is 26.2 Å². The van der Waals surface area contributed by atoms with Crippen LogP contribution >= 0.6 is 0 Å². The lowest BCUT2D eigenvalue weighted by Crippen LogP contribution is -2.42. The number of likely N-dealkylation sites (tertiary alicyclic amines) is 1. The van der Waals surface area contributed by atoms with Crippen LogP contribution in [0.25, 0.3) is 27.8 Å². The first-order valence-corrected chi connectivity index (χ1v) is 10.2. The molecule has 4 aromatic rings. The monoisotopic (exact) mass is 436 g/mol. The van der Waals surface area contributed by atoms with Crippen LogP contribution < -0.4 is 15.8 Å². The zero-order valence-electron chi connectivity index (χ0n) is 17.4. The van der Waals surface area contributed by atoms with Crippen LogP contribution in [0.5, 0.6) is 5.75 Å². The summed E-state index contributed by atoms with van der Waals surface area (Å²) < 4.78 is 7.28. The van der Waals surface area contributed by atoms with Crippen LogP contribution in [0.15, 0.2) is 30.6 Å². The number of para-hydroxylation sites is 1. The number of anilines is 1. The number of amides is 2. The van der Waals surface area contributed by atoms with Gasteiger partial charge >= 0.3 is 6.03 Å². The molecule has 0 atom stereocenters. The number of hydrogen-bond donors (Lipinski definition) is 3. The number of nitrogen functional groups attached to an aromatic ring is 1. The predicted molar refractivity (Wildman–Crippen MR) is 124 cm³/mol. The van der Waals surface area contributed by atoms with Crippen molar-refractivity contribution in [1.82, 2.24) is 34.8 Å². The van der Waals surface area contributed by atoms with E-state index in [4.69, 9.17) is 15.5 Å². The van der Waals surface area contributed by atoms with Gasteiger partial charge in [-0.3, -0.25) is 0 Å². The number of ether oxygens (including phenoxy) is 1. The molecule has 4 heterocycles. The molecule has 1 aromatic carbocycles. The van der Waals surface area contributed by atoms with Gasteiger partial charge in [0.05, 0.1) is 18.3 Å². The van der Waals surface area contributed by atoms with Gasteiger partial charge in [-0.05, 0) is 25.0 Å². The van der Waals surface area contributed by atoms with Gasteiger partial charge in [-0.25, -0.2) is 19.3 Å². The normalized spacial score (nSPS) is 14.5. The number of H-pyrrole nitrogens is 1. The molecule has 5 rings (SSSR count). The summed E-state index contributed by atoms with van der Waals surface area (Å²) in [6.07, 6.45) is 3.05. The minimum absolute atomic E-state index is 0. The lowest BCUT2D eigenvalue weighted by molar-refractivity contribution is 0.182. The fourth-order valence-electron chi connectivity index (χ4n) is 4.35. The Balaban J connectivity index is 0.00000245. The smallest absolute Gasteiger partial charge is 0.317 e. The summed E-state index contributed by atoms with van der Waals surface area (Å²) in [6.45, 7) is 1.33. The van der Waals surface area contributed by atoms with Gasteiger partial charge in [0, 0.05) is 31.4 Å². The minimum Gasteiger partial charge on any atom is -0.495 e. The lowest BCUT2D eigenvalue weighted by atomic mass is 9.96. The molecule has 0 spiro atoms. The highest BCUT2D eigenvalue weighted by Crippen LogP contribution is 2.36. The Morgan fingerprint density at radius 3 is 2.81 bits per heavy atom. The highest BCUT2D eigenvalue weighted by molar-refractivity contribution is 5.93. The molecule has 0 aliphatic carbocycles. The van der Waals surface area contributed by atoms with Gasteiger partial charge in [0.1, 0.15) is 29.1 Å². The number of benzene rings is 1. The van der Waals surface area contributed by atoms with Crippen LogP contribution in [0.2, 0.25) is 0 Å². The number of nitrogens with one attached hydrogen (secondary N) is 2. The topological polar surface area (TPSA) is 126 Å². The number of nitrogens with zero attached hydrogens (tertiary/aromatic N) is 5. The highest BCUT2D eigenvalue weighted by atomic mass is 16.5. The fourth-order valence-corrected chi connectivity index (χ4v) is 4.35. The van der Waals surface area contributed by atoms with Gasteiger partial charge in [-0.15, -0.1) is 0 Å². The standard InChI is InChI=1S/C21H24N8O2.CH4/c1-23-21(30)28-8-6-12(7-9-28)20-27-17(18-19(22)24-11-25-29(18)20)14-10-13-4-3-5-15(31-2)16(13)26-14;/h3-5,10-12,26H,6-9H2,1-2H3,(H,23,30)(H2,22,24,25);1H4. The lowest BCUT2D eigenvalue weighted by Gasteiger charge is -2.30. The Morgan fingerprint density at radius 2 is 2.09 bits per heavy atom. The van der Waals surface area contributed by atoms with E-state index in [0.717, 1.165) is 41.0 Å². The summed E-state index contributed by atoms with van der Waals surface area (Å²) >= 11 is 0. The first kappa shape index (κ1) is 21.4. The molecule has 1 aliphatic rings. The van der Waals surface area contributed by atoms with Crippen LogP contribution in [0.1, 0.15) is 32.0 Å². The molecule has 1 aliphatic heterocycles. The van der Waals surface area contributed by atoms with Crippen LogP contribution in [-0.2, 0) is 0 Å². The van der Waals surface area contributed by atoms with E-state index in [1.807, 2.05) is 29.2 Å². The second-order valence-corrected chi connectivity index (χ2v) is 7.65. The van der Waals surface area contributed by atoms with Crippen molar-refractivity contribution >= 4 is 28.3 Å². The number of imidazole rings is 1. The van der Waals surface area contributed by atoms with Crippen molar-refractivity contribution in [3.8, 4) is 17.1 Å². The molecule has 0 saturated carbocycles. The van der Waals surface area contributed by atoms with Crippen LogP contribution in [-0.4, -0.2) is 62.7 Å². The molecule has 3 aromatic heterocycles. The molecule has 0 bridgehead atoms. The van der Waals surface area contributed by atoms with Crippen molar-refractivity contribution in [1.29, 1.82) is 0 Å². The molecule has 0 radical (unpaired) electrons. The van der Waals surface area contributed by atoms with Crippen molar-refractivity contribution in [3.05, 3.63) is 36.4 Å². The minimum atomic E-state index is -0.0503. The first-order valence-electron chi connectivity index (χ1n) is 10.2. The number of nitrogens with two attached hydrogens (primary N) is 1. The fraction of sp³-hybridized carbons (Fsp3) is 0.364. The van der Waals surface area contributed by atoms with Crippen molar-refractivity contribution < 1.29 is 9.53 Å². The number of fused-ring (bicyclic) bond motifs is 2. The Labute approximate surface area is 185 Å². The molecule has 1 fully saturated rings. The SMILES string of the molecule is C.CNC(=O)N1CCC(c2nc(-c3cc4cccc(OC)c4[nH]3)c3c(N)ncnn23)CC1. The summed E-state index contributed by atoms with van der Waals surface area (Å²) in [6, 6.07) is 7.87. The molecule has 10 nitrogen and oxygen atoms in total. The Bertz CT molecular complexity index is 1270. The maximum Gasteiger partial charge on any atom is 0.317 e. The first-order chi connectivity index (χ1) is 15.1. The summed E-state index contributed by atoms with van der Waals surface area (Å²) in [5.74, 6) is 2.13. The Kier molecular flexibility index (Phi) is 5.60. The van der Waals surface area contributed by atoms with Crippen molar-refractivity contribution in [2.75, 3.05) is 33.0 Å². The molecule has 10 heteroatoms. The molecule has 1 saturated heterocycles. The summed E-state index contributed by atoms with van der Waals surface area (Å²) in [4.78, 5) is 26.3. The zero-order valence-corrected chi connectivity index (χ0v) is 17.4. The predicted octanol–water partition coefficient (Wildman–Crippen LogP) is 3.02. The van der Waals surface area contributed by atoms with Gasteiger partial charge in [0.25, 0.3) is 0 Å². The summed E-state index contributed by atoms with van der Waals surface area (Å²) in [5, 5.41) is 8.16. The van der Waals surface area contributed by atoms with E-state index in [1.165, 1.54) is 6.33 Å². The Hall–Kier alpha value is -3.82. The van der Waals surface area contributed by atoms with Crippen LogP contribution in [0.3, 0.4) is 0 Å². The van der Waals surface area contributed by atoms with E-state index in [-0.39, 0.29) is 19.4 Å². The van der Waals surface area contributed by atoms with E-state index in [0.29, 0.717) is 30.1 Å². The molecule has 168 valence electrons. The van der Waals surface area contributed by atoms with E-state index in [9.17, 15) is 4.79 Å². The van der Waals surface area contributed by atoms with E-state index in [2.05, 4.69) is 20.4 Å². The molecule has 0 unspecified atom stereocenters. The van der Waals surface area contributed by atoms with E-state index >= 15 is 0 Å². The number of urea groups is 1. The average molecular weight is 437 g/mol. The second kappa shape index (κ2) is 8.37. The summed E-state index contributed by atoms with van der Waals surface area (Å²) in [5.41, 5.74) is 9.37. The number of methoxy groups -OCH3 is 1. The number of hydrogen-bond acceptors (Lipinski definition) is 6. The average Bonchev–Trinajstić information content (AvgIpc) is 3.41. The third-order valence-corrected chi connectivity index (χ3v) is 5.94. The van der Waals surface area contributed by atoms with E-state index in [1.54, 1.807) is 18.7 Å². The molecule has 2 amide bonds. The van der Waals surface area contributed by atoms with Gasteiger partial charge in [-0.2, -0.15) is 5.10 Å². The number of aromatic amines is 1. The van der Waals surface area contributed by atoms with Gasteiger partial charge < -0.3 is 25.7 Å². The molecule has 4 N–H and O–H groups in total. The van der Waals surface area contributed by atoms with Crippen LogP contribution in [0.4, 0.5) is 10.6 Å². The van der Waals surface area contributed by atoms with Crippen molar-refractivity contribution in [3.63, 3.8) is 0 Å². The number of carbonyl (C=O) groups excluding carboxylic acids is 1. The number of rotatable bonds is 3. The third-order valence-electron chi connectivity index (χ3n) is 5.94. The molecular weight excluding hydrogens is 408 g/mol. The maximum atomic E-state index is 11.9. The second-order valence-electron chi connectivity index (χ2n) is 7.65. The van der Waals surface area contributed by atoms with Crippen LogP contribution in [0, 0.1) is 0 Å². The highest BCUT2D eigenvalue weighted by Gasteiger charge is 2.29. The number of piperidine rings is 1. The molecule has 32 heavy (non-hydrogen) atoms. The van der Waals surface area contributed by atoms with Gasteiger partial charge in [0.2, 0.25) is 0 Å². The number of aromatic nitrogens is 5. The quantitative estimate of drug-likeness (QED) is 0.453. The summed E-state index contributed by atoms with van der Waals surface area (Å²) in [7, 11) is 3.30. The molecular formula is C22H28N8O2. The third kappa shape index (κ3) is 3.37. The largest absolute Gasteiger partial charge is 0.495 e.